The number of aromatic nitrogens is 1. The van der Waals surface area contributed by atoms with Gasteiger partial charge >= 0.3 is 4.87 Å². The van der Waals surface area contributed by atoms with E-state index >= 15 is 0 Å². The van der Waals surface area contributed by atoms with Crippen molar-refractivity contribution in [3.8, 4) is 0 Å². The van der Waals surface area contributed by atoms with Gasteiger partial charge < -0.3 is 16.0 Å². The second kappa shape index (κ2) is 4.48. The molecular formula is C9H16N4OS. The highest BCUT2D eigenvalue weighted by molar-refractivity contribution is 7.07. The molecule has 0 amide bonds. The van der Waals surface area contributed by atoms with E-state index in [4.69, 9.17) is 5.73 Å². The van der Waals surface area contributed by atoms with Gasteiger partial charge in [-0.1, -0.05) is 11.3 Å². The largest absolute Gasteiger partial charge is 0.370 e. The van der Waals surface area contributed by atoms with Gasteiger partial charge in [-0.25, -0.2) is 4.99 Å². The lowest BCUT2D eigenvalue weighted by Gasteiger charge is -2.20. The first-order chi connectivity index (χ1) is 6.87. The minimum atomic E-state index is -0.102. The number of nitrogens with one attached hydrogen (secondary N) is 2. The van der Waals surface area contributed by atoms with Gasteiger partial charge in [-0.15, -0.1) is 0 Å². The van der Waals surface area contributed by atoms with Gasteiger partial charge in [0.1, 0.15) is 0 Å². The first kappa shape index (κ1) is 11.8. The molecule has 0 radical (unpaired) electrons. The van der Waals surface area contributed by atoms with E-state index in [1.54, 1.807) is 5.38 Å². The van der Waals surface area contributed by atoms with Crippen molar-refractivity contribution in [2.45, 2.75) is 32.9 Å². The smallest absolute Gasteiger partial charge is 0.304 e. The third-order valence-corrected chi connectivity index (χ3v) is 2.21. The zero-order chi connectivity index (χ0) is 11.5. The number of nitrogens with zero attached hydrogens (tertiary/aromatic N) is 1. The Balaban J connectivity index is 2.54. The van der Waals surface area contributed by atoms with E-state index in [2.05, 4.69) is 15.3 Å². The molecule has 1 aromatic heterocycles. The van der Waals surface area contributed by atoms with Crippen molar-refractivity contribution in [3.63, 3.8) is 0 Å². The van der Waals surface area contributed by atoms with Crippen LogP contribution in [0.15, 0.2) is 15.2 Å². The first-order valence-corrected chi connectivity index (χ1v) is 5.49. The topological polar surface area (TPSA) is 83.3 Å². The van der Waals surface area contributed by atoms with E-state index < -0.39 is 0 Å². The van der Waals surface area contributed by atoms with E-state index in [-0.39, 0.29) is 10.4 Å². The molecule has 5 nitrogen and oxygen atoms in total. The molecule has 0 aliphatic heterocycles. The molecule has 0 aromatic carbocycles. The Morgan fingerprint density at radius 2 is 2.33 bits per heavy atom. The molecule has 0 spiro atoms. The summed E-state index contributed by atoms with van der Waals surface area (Å²) >= 11 is 1.13. The molecule has 0 aliphatic rings. The lowest BCUT2D eigenvalue weighted by molar-refractivity contribution is 0.508. The van der Waals surface area contributed by atoms with Crippen LogP contribution < -0.4 is 15.9 Å². The average Bonchev–Trinajstić information content (AvgIpc) is 2.45. The van der Waals surface area contributed by atoms with Crippen LogP contribution in [0.4, 0.5) is 0 Å². The molecule has 1 heterocycles. The second-order valence-electron chi connectivity index (χ2n) is 4.25. The summed E-state index contributed by atoms with van der Waals surface area (Å²) in [5, 5.41) is 4.78. The van der Waals surface area contributed by atoms with E-state index in [1.807, 2.05) is 20.8 Å². The molecule has 15 heavy (non-hydrogen) atoms. The monoisotopic (exact) mass is 228 g/mol. The van der Waals surface area contributed by atoms with Crippen LogP contribution in [0.5, 0.6) is 0 Å². The van der Waals surface area contributed by atoms with Crippen molar-refractivity contribution in [3.05, 3.63) is 20.7 Å². The lowest BCUT2D eigenvalue weighted by Crippen LogP contribution is -2.44. The highest BCUT2D eigenvalue weighted by Crippen LogP contribution is 1.99. The Labute approximate surface area is 92.4 Å². The molecule has 0 unspecified atom stereocenters. The summed E-state index contributed by atoms with van der Waals surface area (Å²) in [4.78, 5) is 17.5. The summed E-state index contributed by atoms with van der Waals surface area (Å²) in [5.41, 5.74) is 6.34. The molecule has 1 aromatic rings. The Hall–Kier alpha value is -1.30. The Morgan fingerprint density at radius 3 is 2.80 bits per heavy atom. The van der Waals surface area contributed by atoms with Gasteiger partial charge in [-0.3, -0.25) is 4.79 Å². The number of thiazole rings is 1. The van der Waals surface area contributed by atoms with Gasteiger partial charge in [-0.05, 0) is 20.8 Å². The highest BCUT2D eigenvalue weighted by atomic mass is 32.1. The number of hydrogen-bond acceptors (Lipinski definition) is 3. The number of hydrogen-bond donors (Lipinski definition) is 3. The maximum atomic E-state index is 10.8. The predicted molar refractivity (Wildman–Crippen MR) is 63.2 cm³/mol. The molecule has 0 saturated carbocycles. The van der Waals surface area contributed by atoms with Crippen LogP contribution in [0.25, 0.3) is 0 Å². The number of H-pyrrole nitrogens is 1. The van der Waals surface area contributed by atoms with Crippen molar-refractivity contribution in [1.29, 1.82) is 0 Å². The summed E-state index contributed by atoms with van der Waals surface area (Å²) in [6.07, 6.45) is 0. The molecule has 0 bridgehead atoms. The standard InChI is InChI=1S/C9H16N4OS/c1-9(2,3)13-7(10)11-4-6-5-15-8(14)12-6/h5H,4H2,1-3H3,(H,12,14)(H3,10,11,13). The minimum Gasteiger partial charge on any atom is -0.370 e. The quantitative estimate of drug-likeness (QED) is 0.513. The Morgan fingerprint density at radius 1 is 1.67 bits per heavy atom. The third kappa shape index (κ3) is 4.64. The number of guanidine groups is 1. The van der Waals surface area contributed by atoms with E-state index in [9.17, 15) is 4.79 Å². The molecular weight excluding hydrogens is 212 g/mol. The summed E-state index contributed by atoms with van der Waals surface area (Å²) in [6, 6.07) is 0. The average molecular weight is 228 g/mol. The fourth-order valence-corrected chi connectivity index (χ4v) is 1.56. The fourth-order valence-electron chi connectivity index (χ4n) is 0.986. The van der Waals surface area contributed by atoms with E-state index in [0.29, 0.717) is 12.5 Å². The molecule has 0 atom stereocenters. The van der Waals surface area contributed by atoms with Crippen LogP contribution in [-0.4, -0.2) is 16.5 Å². The van der Waals surface area contributed by atoms with Crippen molar-refractivity contribution in [2.24, 2.45) is 10.7 Å². The van der Waals surface area contributed by atoms with Crippen molar-refractivity contribution in [2.75, 3.05) is 0 Å². The summed E-state index contributed by atoms with van der Waals surface area (Å²) < 4.78 is 0. The van der Waals surface area contributed by atoms with Crippen LogP contribution >= 0.6 is 11.3 Å². The first-order valence-electron chi connectivity index (χ1n) is 4.61. The maximum Gasteiger partial charge on any atom is 0.304 e. The van der Waals surface area contributed by atoms with Crippen molar-refractivity contribution >= 4 is 17.3 Å². The summed E-state index contributed by atoms with van der Waals surface area (Å²) in [7, 11) is 0. The van der Waals surface area contributed by atoms with Crippen LogP contribution in [0, 0.1) is 0 Å². The fraction of sp³-hybridized carbons (Fsp3) is 0.556. The summed E-state index contributed by atoms with van der Waals surface area (Å²) in [5.74, 6) is 0.384. The molecule has 6 heteroatoms. The summed E-state index contributed by atoms with van der Waals surface area (Å²) in [6.45, 7) is 6.40. The number of nitrogens with two attached hydrogens (primary N) is 1. The zero-order valence-corrected chi connectivity index (χ0v) is 9.94. The van der Waals surface area contributed by atoms with Crippen LogP contribution in [0.2, 0.25) is 0 Å². The Kier molecular flexibility index (Phi) is 3.52. The molecule has 4 N–H and O–H groups in total. The van der Waals surface area contributed by atoms with Crippen LogP contribution in [-0.2, 0) is 6.54 Å². The molecule has 84 valence electrons. The van der Waals surface area contributed by atoms with Crippen molar-refractivity contribution in [1.82, 2.24) is 10.3 Å². The van der Waals surface area contributed by atoms with Gasteiger partial charge in [0.15, 0.2) is 5.96 Å². The number of rotatable bonds is 2. The van der Waals surface area contributed by atoms with E-state index in [0.717, 1.165) is 17.0 Å². The SMILES string of the molecule is CC(C)(C)NC(N)=NCc1csc(=O)[nH]1. The zero-order valence-electron chi connectivity index (χ0n) is 9.13. The number of aliphatic imine (C=N–C) groups is 1. The second-order valence-corrected chi connectivity index (χ2v) is 5.09. The van der Waals surface area contributed by atoms with Gasteiger partial charge in [0.25, 0.3) is 0 Å². The lowest BCUT2D eigenvalue weighted by atomic mass is 10.1. The van der Waals surface area contributed by atoms with Gasteiger partial charge in [0, 0.05) is 10.9 Å². The highest BCUT2D eigenvalue weighted by Gasteiger charge is 2.09. The normalized spacial score (nSPS) is 12.9. The van der Waals surface area contributed by atoms with E-state index in [1.165, 1.54) is 0 Å². The Bertz CT molecular complexity index is 399. The van der Waals surface area contributed by atoms with Crippen LogP contribution in [0.1, 0.15) is 26.5 Å². The van der Waals surface area contributed by atoms with Crippen LogP contribution in [0.3, 0.4) is 0 Å². The third-order valence-electron chi connectivity index (χ3n) is 1.49. The molecule has 0 fully saturated rings. The van der Waals surface area contributed by atoms with Gasteiger partial charge in [0.2, 0.25) is 0 Å². The van der Waals surface area contributed by atoms with Gasteiger partial charge in [-0.2, -0.15) is 0 Å². The molecule has 0 saturated heterocycles. The van der Waals surface area contributed by atoms with Crippen molar-refractivity contribution < 1.29 is 0 Å². The minimum absolute atomic E-state index is 0.0671. The maximum absolute atomic E-state index is 10.8. The molecule has 0 aliphatic carbocycles. The number of aromatic amines is 1. The predicted octanol–water partition coefficient (Wildman–Crippen LogP) is 0.639. The van der Waals surface area contributed by atoms with Gasteiger partial charge in [0.05, 0.1) is 12.2 Å². The molecule has 1 rings (SSSR count).